The predicted molar refractivity (Wildman–Crippen MR) is 583 cm³/mol. The molecule has 0 radical (unpaired) electrons. The van der Waals surface area contributed by atoms with Crippen LogP contribution in [0.25, 0.3) is 243 Å². The van der Waals surface area contributed by atoms with Crippen molar-refractivity contribution < 1.29 is 0 Å². The van der Waals surface area contributed by atoms with Gasteiger partial charge in [-0.25, -0.2) is 0 Å². The third kappa shape index (κ3) is 14.0. The summed E-state index contributed by atoms with van der Waals surface area (Å²) in [4.78, 5) is 0. The Balaban J connectivity index is 0.000000107. The van der Waals surface area contributed by atoms with E-state index in [9.17, 15) is 0 Å². The van der Waals surface area contributed by atoms with Crippen LogP contribution in [0.5, 0.6) is 0 Å². The van der Waals surface area contributed by atoms with Crippen molar-refractivity contribution in [3.05, 3.63) is 534 Å². The van der Waals surface area contributed by atoms with E-state index in [0.717, 1.165) is 5.69 Å². The van der Waals surface area contributed by atoms with Gasteiger partial charge < -0.3 is 27.4 Å². The molecular weight excluding hydrogens is 1670 g/mol. The topological polar surface area (TPSA) is 29.6 Å². The summed E-state index contributed by atoms with van der Waals surface area (Å²) < 4.78 is 14.3. The summed E-state index contributed by atoms with van der Waals surface area (Å²) in [6.07, 6.45) is 0. The Morgan fingerprint density at radius 1 is 0.0797 bits per heavy atom. The molecule has 646 valence electrons. The molecule has 0 spiro atoms. The highest BCUT2D eigenvalue weighted by molar-refractivity contribution is 6.16. The zero-order chi connectivity index (χ0) is 91.1. The van der Waals surface area contributed by atoms with Gasteiger partial charge in [-0.1, -0.05) is 370 Å². The second-order valence-corrected chi connectivity index (χ2v) is 35.8. The maximum absolute atomic E-state index is 2.40. The van der Waals surface area contributed by atoms with Gasteiger partial charge in [0.25, 0.3) is 0 Å². The van der Waals surface area contributed by atoms with E-state index in [2.05, 4.69) is 561 Å². The molecule has 0 aliphatic heterocycles. The van der Waals surface area contributed by atoms with Crippen molar-refractivity contribution in [2.24, 2.45) is 0 Å². The molecule has 0 unspecified atom stereocenters. The molecule has 6 nitrogen and oxygen atoms in total. The van der Waals surface area contributed by atoms with E-state index in [1.165, 1.54) is 237 Å². The second kappa shape index (κ2) is 34.0. The van der Waals surface area contributed by atoms with Crippen LogP contribution in [0, 0.1) is 0 Å². The van der Waals surface area contributed by atoms with E-state index in [-0.39, 0.29) is 0 Å². The molecule has 0 amide bonds. The number of nitrogens with zero attached hydrogens (tertiary/aromatic N) is 6. The van der Waals surface area contributed by atoms with Crippen molar-refractivity contribution in [1.82, 2.24) is 27.4 Å². The van der Waals surface area contributed by atoms with Crippen LogP contribution in [0.2, 0.25) is 0 Å². The molecule has 0 aliphatic rings. The first-order valence-electron chi connectivity index (χ1n) is 47.4. The van der Waals surface area contributed by atoms with Crippen LogP contribution in [-0.4, -0.2) is 27.4 Å². The van der Waals surface area contributed by atoms with Crippen molar-refractivity contribution >= 4 is 131 Å². The van der Waals surface area contributed by atoms with Gasteiger partial charge in [-0.15, -0.1) is 0 Å². The molecule has 6 heterocycles. The molecular formula is C132H88N6. The quantitative estimate of drug-likeness (QED) is 0.110. The zero-order valence-corrected chi connectivity index (χ0v) is 75.5. The second-order valence-electron chi connectivity index (χ2n) is 35.8. The Bertz CT molecular complexity index is 9350. The van der Waals surface area contributed by atoms with Gasteiger partial charge in [-0.2, -0.15) is 0 Å². The summed E-state index contributed by atoms with van der Waals surface area (Å²) >= 11 is 0. The summed E-state index contributed by atoms with van der Waals surface area (Å²) in [6.45, 7) is 0. The highest BCUT2D eigenvalue weighted by Gasteiger charge is 2.22. The van der Waals surface area contributed by atoms with Crippen LogP contribution in [0.4, 0.5) is 0 Å². The molecule has 0 saturated heterocycles. The Morgan fingerprint density at radius 2 is 0.225 bits per heavy atom. The van der Waals surface area contributed by atoms with Gasteiger partial charge in [0, 0.05) is 98.8 Å². The molecule has 0 N–H and O–H groups in total. The fourth-order valence-electron chi connectivity index (χ4n) is 21.5. The lowest BCUT2D eigenvalue weighted by molar-refractivity contribution is 1.18. The maximum atomic E-state index is 2.40. The Kier molecular flexibility index (Phi) is 19.9. The molecule has 0 atom stereocenters. The molecule has 138 heavy (non-hydrogen) atoms. The average Bonchev–Trinajstić information content (AvgIpc) is 1.60. The summed E-state index contributed by atoms with van der Waals surface area (Å²) in [5.74, 6) is 0. The van der Waals surface area contributed by atoms with Crippen LogP contribution < -0.4 is 0 Å². The van der Waals surface area contributed by atoms with E-state index >= 15 is 0 Å². The first-order valence-corrected chi connectivity index (χ1v) is 47.4. The van der Waals surface area contributed by atoms with Crippen LogP contribution >= 0.6 is 0 Å². The van der Waals surface area contributed by atoms with E-state index in [0.29, 0.717) is 0 Å². The lowest BCUT2D eigenvalue weighted by Crippen LogP contribution is -1.94. The largest absolute Gasteiger partial charge is 0.309 e. The fourth-order valence-corrected chi connectivity index (χ4v) is 21.5. The van der Waals surface area contributed by atoms with Crippen molar-refractivity contribution in [2.45, 2.75) is 0 Å². The normalized spacial score (nSPS) is 11.6. The molecule has 6 aromatic heterocycles. The Morgan fingerprint density at radius 3 is 0.457 bits per heavy atom. The molecule has 6 heteroatoms. The SMILES string of the molecule is c1ccc(-c2ccc(-c3ccc(-n4c5ccccc5c5cc(-c6ccc(-n7c8ccccc8c8ccccc87)cc6)ccc54)cc3)cc2)cc1.c1ccc(-c2ccc(-n3c4ccccc4c4cc(-c5ccc(-n6c7ccccc7c7ccccc76)cc5)ccc43)cc2)cc1.c1ccc(-c2cccc(-n3c4ccccc4c4cc(-c5ccc(-n6c7ccccc7c7ccccc76)cc5)ccc43)c2)cc1. The first kappa shape index (κ1) is 80.5. The van der Waals surface area contributed by atoms with Gasteiger partial charge in [-0.05, 0) is 242 Å². The highest BCUT2D eigenvalue weighted by Crippen LogP contribution is 2.44. The third-order valence-electron chi connectivity index (χ3n) is 28.0. The standard InChI is InChI=1S/C48H32N2.2C42H28N2/c1-2-10-33(11-3-1)34-18-20-35(21-19-34)36-22-27-40(28-23-36)50-47-17-9-6-14-43(47)44-32-38(26-31-48(44)50)37-24-29-39(30-25-37)49-45-15-7-4-12-41(45)42-13-5-8-16-46(42)49;1-2-11-29(12-3-1)31-13-10-14-34(27-31)44-41-20-9-6-17-37(41)38-28-32(23-26-42(38)44)30-21-24-33(25-22-30)43-39-18-7-4-15-35(39)36-16-5-8-19-40(36)43;1-2-10-29(11-3-1)30-18-23-34(24-19-30)44-41-17-9-6-14-37(41)38-28-32(22-27-42(38)44)31-20-25-33(26-21-31)43-39-15-7-4-12-35(39)36-13-5-8-16-40(36)43/h1-32H;2*1-28H. The van der Waals surface area contributed by atoms with Crippen LogP contribution in [0.3, 0.4) is 0 Å². The number of hydrogen-bond donors (Lipinski definition) is 0. The number of benzene rings is 22. The maximum Gasteiger partial charge on any atom is 0.0541 e. The van der Waals surface area contributed by atoms with Crippen LogP contribution in [0.1, 0.15) is 0 Å². The molecule has 0 bridgehead atoms. The number of rotatable bonds is 13. The highest BCUT2D eigenvalue weighted by atomic mass is 15.0. The minimum absolute atomic E-state index is 1.16. The van der Waals surface area contributed by atoms with Gasteiger partial charge in [0.1, 0.15) is 0 Å². The number of fused-ring (bicyclic) bond motifs is 18. The number of para-hydroxylation sites is 9. The lowest BCUT2D eigenvalue weighted by atomic mass is 10.0. The van der Waals surface area contributed by atoms with Gasteiger partial charge in [0.2, 0.25) is 0 Å². The van der Waals surface area contributed by atoms with Crippen molar-refractivity contribution in [1.29, 1.82) is 0 Å². The molecule has 22 aromatic carbocycles. The third-order valence-corrected chi connectivity index (χ3v) is 28.0. The number of hydrogen-bond acceptors (Lipinski definition) is 0. The van der Waals surface area contributed by atoms with Crippen LogP contribution in [-0.2, 0) is 0 Å². The van der Waals surface area contributed by atoms with Gasteiger partial charge in [-0.3, -0.25) is 0 Å². The summed E-state index contributed by atoms with van der Waals surface area (Å²) in [6, 6.07) is 193. The zero-order valence-electron chi connectivity index (χ0n) is 75.5. The van der Waals surface area contributed by atoms with Crippen molar-refractivity contribution in [2.75, 3.05) is 0 Å². The lowest BCUT2D eigenvalue weighted by Gasteiger charge is -2.11. The van der Waals surface area contributed by atoms with Gasteiger partial charge in [0.15, 0.2) is 0 Å². The molecule has 0 saturated carbocycles. The monoisotopic (exact) mass is 1760 g/mol. The van der Waals surface area contributed by atoms with Crippen molar-refractivity contribution in [3.63, 3.8) is 0 Å². The number of aromatic nitrogens is 6. The minimum atomic E-state index is 1.16. The molecule has 28 rings (SSSR count). The van der Waals surface area contributed by atoms with Gasteiger partial charge >= 0.3 is 0 Å². The molecule has 28 aromatic rings. The van der Waals surface area contributed by atoms with Gasteiger partial charge in [0.05, 0.1) is 66.2 Å². The Hall–Kier alpha value is -18.4. The Labute approximate surface area is 798 Å². The summed E-state index contributed by atoms with van der Waals surface area (Å²) in [5.41, 5.74) is 38.7. The van der Waals surface area contributed by atoms with E-state index in [4.69, 9.17) is 0 Å². The van der Waals surface area contributed by atoms with E-state index in [1.807, 2.05) is 0 Å². The fraction of sp³-hybridized carbons (Fsp3) is 0. The van der Waals surface area contributed by atoms with Crippen molar-refractivity contribution in [3.8, 4) is 112 Å². The smallest absolute Gasteiger partial charge is 0.0541 e. The van der Waals surface area contributed by atoms with E-state index < -0.39 is 0 Å². The minimum Gasteiger partial charge on any atom is -0.309 e. The summed E-state index contributed by atoms with van der Waals surface area (Å²) in [5, 5.41) is 15.2. The first-order chi connectivity index (χ1) is 68.5. The molecule has 0 fully saturated rings. The predicted octanol–water partition coefficient (Wildman–Crippen LogP) is 35.3. The van der Waals surface area contributed by atoms with E-state index in [1.54, 1.807) is 0 Å². The molecule has 0 aliphatic carbocycles. The van der Waals surface area contributed by atoms with Crippen LogP contribution in [0.15, 0.2) is 534 Å². The summed E-state index contributed by atoms with van der Waals surface area (Å²) in [7, 11) is 0. The average molecular weight is 1760 g/mol.